The number of carbonyl (C=O) groups excluding carboxylic acids is 2. The lowest BCUT2D eigenvalue weighted by molar-refractivity contribution is -0.134. The molecule has 4 heteroatoms. The van der Waals surface area contributed by atoms with Gasteiger partial charge in [-0.15, -0.1) is 0 Å². The van der Waals surface area contributed by atoms with Crippen molar-refractivity contribution >= 4 is 11.8 Å². The second-order valence-electron chi connectivity index (χ2n) is 6.18. The minimum Gasteiger partial charge on any atom is -0.327 e. The molecule has 2 aromatic rings. The summed E-state index contributed by atoms with van der Waals surface area (Å²) in [5.74, 6) is -0.0149. The Labute approximate surface area is 135 Å². The lowest BCUT2D eigenvalue weighted by atomic mass is 9.97. The summed E-state index contributed by atoms with van der Waals surface area (Å²) in [6.45, 7) is 0. The van der Waals surface area contributed by atoms with Gasteiger partial charge in [0.1, 0.15) is 11.7 Å². The van der Waals surface area contributed by atoms with Gasteiger partial charge in [0, 0.05) is 19.3 Å². The van der Waals surface area contributed by atoms with Gasteiger partial charge in [-0.25, -0.2) is 0 Å². The van der Waals surface area contributed by atoms with Crippen molar-refractivity contribution in [3.8, 4) is 0 Å². The Morgan fingerprint density at radius 2 is 1.65 bits per heavy atom. The van der Waals surface area contributed by atoms with Crippen LogP contribution in [0.2, 0.25) is 0 Å². The largest absolute Gasteiger partial charge is 0.327 e. The zero-order valence-electron chi connectivity index (χ0n) is 12.7. The van der Waals surface area contributed by atoms with Crippen molar-refractivity contribution in [2.24, 2.45) is 0 Å². The molecule has 2 saturated heterocycles. The summed E-state index contributed by atoms with van der Waals surface area (Å²) in [5.41, 5.74) is 1.38. The summed E-state index contributed by atoms with van der Waals surface area (Å²) in [7, 11) is 0. The summed E-state index contributed by atoms with van der Waals surface area (Å²) >= 11 is 0. The van der Waals surface area contributed by atoms with Crippen molar-refractivity contribution < 1.29 is 9.59 Å². The SMILES string of the molecule is O=C1NC2(c3ccccc3)CCC(=O)N2C1Cc1ccccc1. The Morgan fingerprint density at radius 3 is 2.35 bits per heavy atom. The third kappa shape index (κ3) is 2.13. The molecule has 0 aliphatic carbocycles. The fraction of sp³-hybridized carbons (Fsp3) is 0.263. The number of hydrogen-bond donors (Lipinski definition) is 1. The summed E-state index contributed by atoms with van der Waals surface area (Å²) in [6.07, 6.45) is 1.65. The van der Waals surface area contributed by atoms with Crippen LogP contribution in [0.25, 0.3) is 0 Å². The minimum atomic E-state index is -0.672. The van der Waals surface area contributed by atoms with Crippen molar-refractivity contribution in [3.63, 3.8) is 0 Å². The van der Waals surface area contributed by atoms with Gasteiger partial charge >= 0.3 is 0 Å². The fourth-order valence-electron chi connectivity index (χ4n) is 3.80. The first-order valence-corrected chi connectivity index (χ1v) is 7.94. The molecule has 0 radical (unpaired) electrons. The quantitative estimate of drug-likeness (QED) is 0.945. The van der Waals surface area contributed by atoms with Gasteiger partial charge in [0.15, 0.2) is 0 Å². The number of benzene rings is 2. The van der Waals surface area contributed by atoms with Gasteiger partial charge in [-0.3, -0.25) is 9.59 Å². The van der Waals surface area contributed by atoms with Crippen molar-refractivity contribution in [3.05, 3.63) is 71.8 Å². The molecular weight excluding hydrogens is 288 g/mol. The van der Waals surface area contributed by atoms with Crippen LogP contribution in [-0.2, 0) is 21.7 Å². The maximum Gasteiger partial charge on any atom is 0.245 e. The van der Waals surface area contributed by atoms with Gasteiger partial charge in [0.25, 0.3) is 0 Å². The number of hydrogen-bond acceptors (Lipinski definition) is 2. The Kier molecular flexibility index (Phi) is 3.18. The molecular formula is C19H18N2O2. The van der Waals surface area contributed by atoms with E-state index in [-0.39, 0.29) is 11.8 Å². The number of carbonyl (C=O) groups is 2. The van der Waals surface area contributed by atoms with Crippen molar-refractivity contribution in [2.75, 3.05) is 0 Å². The lowest BCUT2D eigenvalue weighted by Crippen LogP contribution is -2.47. The maximum atomic E-state index is 12.6. The molecule has 0 bridgehead atoms. The third-order valence-electron chi connectivity index (χ3n) is 4.85. The summed E-state index contributed by atoms with van der Waals surface area (Å²) in [4.78, 5) is 26.9. The molecule has 0 spiro atoms. The average Bonchev–Trinajstić information content (AvgIpc) is 3.06. The van der Waals surface area contributed by atoms with Gasteiger partial charge in [-0.1, -0.05) is 60.7 Å². The predicted molar refractivity (Wildman–Crippen MR) is 86.3 cm³/mol. The molecule has 2 heterocycles. The van der Waals surface area contributed by atoms with Crippen LogP contribution >= 0.6 is 0 Å². The Morgan fingerprint density at radius 1 is 1.00 bits per heavy atom. The van der Waals surface area contributed by atoms with Crippen LogP contribution in [0, 0.1) is 0 Å². The number of nitrogens with one attached hydrogen (secondary N) is 1. The summed E-state index contributed by atoms with van der Waals surface area (Å²) < 4.78 is 0. The van der Waals surface area contributed by atoms with Crippen LogP contribution in [0.5, 0.6) is 0 Å². The number of fused-ring (bicyclic) bond motifs is 1. The number of nitrogens with zero attached hydrogens (tertiary/aromatic N) is 1. The van der Waals surface area contributed by atoms with Crippen LogP contribution in [0.3, 0.4) is 0 Å². The van der Waals surface area contributed by atoms with Crippen LogP contribution in [-0.4, -0.2) is 22.8 Å². The van der Waals surface area contributed by atoms with Crippen LogP contribution in [0.4, 0.5) is 0 Å². The van der Waals surface area contributed by atoms with Crippen LogP contribution in [0.1, 0.15) is 24.0 Å². The standard InChI is InChI=1S/C19H18N2O2/c22-17-11-12-19(15-9-5-2-6-10-15)20-18(23)16(21(17)19)13-14-7-3-1-4-8-14/h1-10,16H,11-13H2,(H,20,23). The second-order valence-corrected chi connectivity index (χ2v) is 6.18. The highest BCUT2D eigenvalue weighted by molar-refractivity contribution is 5.94. The Balaban J connectivity index is 1.73. The number of rotatable bonds is 3. The van der Waals surface area contributed by atoms with Gasteiger partial charge in [-0.05, 0) is 11.1 Å². The van der Waals surface area contributed by atoms with E-state index in [9.17, 15) is 9.59 Å². The molecule has 2 aromatic carbocycles. The lowest BCUT2D eigenvalue weighted by Gasteiger charge is -2.33. The molecule has 0 saturated carbocycles. The monoisotopic (exact) mass is 306 g/mol. The van der Waals surface area contributed by atoms with E-state index < -0.39 is 11.7 Å². The van der Waals surface area contributed by atoms with E-state index in [0.29, 0.717) is 19.3 Å². The molecule has 1 N–H and O–H groups in total. The normalized spacial score (nSPS) is 26.3. The molecule has 4 rings (SSSR count). The predicted octanol–water partition coefficient (Wildman–Crippen LogP) is 2.20. The van der Waals surface area contributed by atoms with E-state index in [1.165, 1.54) is 0 Å². The third-order valence-corrected chi connectivity index (χ3v) is 4.85. The Hall–Kier alpha value is -2.62. The maximum absolute atomic E-state index is 12.6. The Bertz CT molecular complexity index is 744. The first-order chi connectivity index (χ1) is 11.2. The highest BCUT2D eigenvalue weighted by Gasteiger charge is 2.57. The van der Waals surface area contributed by atoms with E-state index in [4.69, 9.17) is 0 Å². The smallest absolute Gasteiger partial charge is 0.245 e. The highest BCUT2D eigenvalue weighted by Crippen LogP contribution is 2.43. The van der Waals surface area contributed by atoms with Gasteiger partial charge in [0.05, 0.1) is 0 Å². The van der Waals surface area contributed by atoms with E-state index >= 15 is 0 Å². The second kappa shape index (κ2) is 5.23. The highest BCUT2D eigenvalue weighted by atomic mass is 16.2. The van der Waals surface area contributed by atoms with Crippen LogP contribution in [0.15, 0.2) is 60.7 Å². The van der Waals surface area contributed by atoms with Crippen LogP contribution < -0.4 is 5.32 Å². The van der Waals surface area contributed by atoms with Crippen molar-refractivity contribution in [2.45, 2.75) is 31.0 Å². The van der Waals surface area contributed by atoms with Crippen molar-refractivity contribution in [1.29, 1.82) is 0 Å². The first kappa shape index (κ1) is 14.0. The zero-order valence-corrected chi connectivity index (χ0v) is 12.7. The van der Waals surface area contributed by atoms with E-state index in [1.54, 1.807) is 4.90 Å². The molecule has 2 unspecified atom stereocenters. The zero-order chi connectivity index (χ0) is 15.9. The van der Waals surface area contributed by atoms with Gasteiger partial charge in [0.2, 0.25) is 11.8 Å². The fourth-order valence-corrected chi connectivity index (χ4v) is 3.80. The molecule has 2 aliphatic heterocycles. The topological polar surface area (TPSA) is 49.4 Å². The molecule has 0 aromatic heterocycles. The average molecular weight is 306 g/mol. The molecule has 2 atom stereocenters. The molecule has 23 heavy (non-hydrogen) atoms. The first-order valence-electron chi connectivity index (χ1n) is 7.94. The molecule has 4 nitrogen and oxygen atoms in total. The molecule has 2 aliphatic rings. The van der Waals surface area contributed by atoms with Crippen molar-refractivity contribution in [1.82, 2.24) is 10.2 Å². The number of amides is 2. The molecule has 116 valence electrons. The molecule has 2 amide bonds. The summed E-state index contributed by atoms with van der Waals surface area (Å²) in [6, 6.07) is 19.2. The van der Waals surface area contributed by atoms with E-state index in [1.807, 2.05) is 60.7 Å². The summed E-state index contributed by atoms with van der Waals surface area (Å²) in [5, 5.41) is 3.11. The molecule has 2 fully saturated rings. The van der Waals surface area contributed by atoms with E-state index in [2.05, 4.69) is 5.32 Å². The minimum absolute atomic E-state index is 0.0492. The van der Waals surface area contributed by atoms with E-state index in [0.717, 1.165) is 11.1 Å². The van der Waals surface area contributed by atoms with Gasteiger partial charge < -0.3 is 10.2 Å². The van der Waals surface area contributed by atoms with Gasteiger partial charge in [-0.2, -0.15) is 0 Å².